The molecule has 2 unspecified atom stereocenters. The number of nitrogens with one attached hydrogen (secondary N) is 1. The maximum absolute atomic E-state index is 11.5. The number of thiazole rings is 1. The zero-order valence-corrected chi connectivity index (χ0v) is 12.7. The first-order chi connectivity index (χ1) is 9.38. The number of carbonyl (C=O) groups excluding carboxylic acids is 1. The van der Waals surface area contributed by atoms with Gasteiger partial charge in [-0.25, -0.2) is 9.78 Å². The molecule has 0 amide bonds. The molecular weight excluding hydrogens is 278 g/mol. The van der Waals surface area contributed by atoms with E-state index in [-0.39, 0.29) is 22.4 Å². The van der Waals surface area contributed by atoms with Crippen molar-refractivity contribution in [1.82, 2.24) is 9.88 Å². The molecule has 6 nitrogen and oxygen atoms in total. The molecular formula is C13H19N3O3S. The summed E-state index contributed by atoms with van der Waals surface area (Å²) in [7, 11) is 2.09. The highest BCUT2D eigenvalue weighted by Crippen LogP contribution is 2.27. The molecule has 7 heteroatoms. The Balaban J connectivity index is 2.16. The zero-order chi connectivity index (χ0) is 14.9. The highest BCUT2D eigenvalue weighted by atomic mass is 32.1. The first-order valence-electron chi connectivity index (χ1n) is 6.58. The average molecular weight is 297 g/mol. The summed E-state index contributed by atoms with van der Waals surface area (Å²) in [6.07, 6.45) is 0.981. The van der Waals surface area contributed by atoms with Crippen molar-refractivity contribution in [3.05, 3.63) is 10.6 Å². The maximum atomic E-state index is 11.5. The lowest BCUT2D eigenvalue weighted by Crippen LogP contribution is -2.43. The molecule has 0 bridgehead atoms. The monoisotopic (exact) mass is 297 g/mol. The first kappa shape index (κ1) is 14.9. The van der Waals surface area contributed by atoms with Gasteiger partial charge in [-0.2, -0.15) is 0 Å². The van der Waals surface area contributed by atoms with Crippen LogP contribution in [0.2, 0.25) is 0 Å². The number of carboxylic acids is 1. The molecule has 1 fully saturated rings. The van der Waals surface area contributed by atoms with Gasteiger partial charge in [0.05, 0.1) is 0 Å². The van der Waals surface area contributed by atoms with Crippen molar-refractivity contribution in [2.75, 3.05) is 25.5 Å². The number of aromatic carboxylic acids is 1. The predicted octanol–water partition coefficient (Wildman–Crippen LogP) is 1.80. The molecule has 1 aliphatic heterocycles. The van der Waals surface area contributed by atoms with E-state index in [1.807, 2.05) is 0 Å². The molecule has 2 heterocycles. The summed E-state index contributed by atoms with van der Waals surface area (Å²) >= 11 is 1.13. The number of anilines is 1. The van der Waals surface area contributed by atoms with Gasteiger partial charge in [0.2, 0.25) is 0 Å². The Morgan fingerprint density at radius 1 is 1.50 bits per heavy atom. The second-order valence-electron chi connectivity index (χ2n) is 5.34. The van der Waals surface area contributed by atoms with E-state index in [0.29, 0.717) is 11.0 Å². The van der Waals surface area contributed by atoms with Gasteiger partial charge < -0.3 is 15.3 Å². The predicted molar refractivity (Wildman–Crippen MR) is 77.8 cm³/mol. The molecule has 0 spiro atoms. The number of ketones is 1. The Morgan fingerprint density at radius 2 is 2.20 bits per heavy atom. The van der Waals surface area contributed by atoms with E-state index in [9.17, 15) is 9.59 Å². The summed E-state index contributed by atoms with van der Waals surface area (Å²) in [5.41, 5.74) is -0.148. The molecule has 2 atom stereocenters. The SMILES string of the molecule is CC(=O)c1sc(NC2CCN(C)CC2C)nc1C(=O)O. The smallest absolute Gasteiger partial charge is 0.356 e. The van der Waals surface area contributed by atoms with Crippen molar-refractivity contribution in [3.63, 3.8) is 0 Å². The molecule has 2 N–H and O–H groups in total. The number of Topliss-reactive ketones (excluding diaryl/α,β-unsaturated/α-hetero) is 1. The van der Waals surface area contributed by atoms with E-state index in [4.69, 9.17) is 5.11 Å². The fourth-order valence-corrected chi connectivity index (χ4v) is 3.41. The van der Waals surface area contributed by atoms with Gasteiger partial charge in [-0.3, -0.25) is 4.79 Å². The molecule has 20 heavy (non-hydrogen) atoms. The number of nitrogens with zero attached hydrogens (tertiary/aromatic N) is 2. The third kappa shape index (κ3) is 3.16. The molecule has 1 aromatic heterocycles. The third-order valence-corrected chi connectivity index (χ3v) is 4.65. The van der Waals surface area contributed by atoms with Crippen LogP contribution < -0.4 is 5.32 Å². The van der Waals surface area contributed by atoms with Crippen LogP contribution in [0.4, 0.5) is 5.13 Å². The van der Waals surface area contributed by atoms with Crippen molar-refractivity contribution in [3.8, 4) is 0 Å². The van der Waals surface area contributed by atoms with Gasteiger partial charge in [0.15, 0.2) is 16.6 Å². The van der Waals surface area contributed by atoms with Gasteiger partial charge in [-0.15, -0.1) is 0 Å². The Labute approximate surface area is 121 Å². The highest BCUT2D eigenvalue weighted by Gasteiger charge is 2.26. The van der Waals surface area contributed by atoms with E-state index in [2.05, 4.69) is 29.2 Å². The molecule has 110 valence electrons. The molecule has 0 radical (unpaired) electrons. The lowest BCUT2D eigenvalue weighted by atomic mass is 9.94. The number of aromatic nitrogens is 1. The quantitative estimate of drug-likeness (QED) is 0.825. The van der Waals surface area contributed by atoms with Gasteiger partial charge in [-0.1, -0.05) is 18.3 Å². The molecule has 0 saturated carbocycles. The normalized spacial score (nSPS) is 23.6. The van der Waals surface area contributed by atoms with Gasteiger partial charge in [0.25, 0.3) is 0 Å². The Hall–Kier alpha value is -1.47. The maximum Gasteiger partial charge on any atom is 0.356 e. The second-order valence-corrected chi connectivity index (χ2v) is 6.34. The van der Waals surface area contributed by atoms with Crippen molar-refractivity contribution in [1.29, 1.82) is 0 Å². The summed E-state index contributed by atoms with van der Waals surface area (Å²) in [6.45, 7) is 5.51. The third-order valence-electron chi connectivity index (χ3n) is 3.57. The number of hydrogen-bond donors (Lipinski definition) is 2. The zero-order valence-electron chi connectivity index (χ0n) is 11.8. The standard InChI is InChI=1S/C13H19N3O3S/c1-7-6-16(3)5-4-9(7)14-13-15-10(12(18)19)11(20-13)8(2)17/h7,9H,4-6H2,1-3H3,(H,14,15)(H,18,19). The summed E-state index contributed by atoms with van der Waals surface area (Å²) in [5, 5.41) is 12.9. The van der Waals surface area contributed by atoms with Crippen molar-refractivity contribution < 1.29 is 14.7 Å². The first-order valence-corrected chi connectivity index (χ1v) is 7.40. The van der Waals surface area contributed by atoms with Crippen molar-refractivity contribution in [2.45, 2.75) is 26.3 Å². The minimum Gasteiger partial charge on any atom is -0.476 e. The lowest BCUT2D eigenvalue weighted by Gasteiger charge is -2.35. The van der Waals surface area contributed by atoms with Gasteiger partial charge in [0, 0.05) is 19.5 Å². The van der Waals surface area contributed by atoms with Gasteiger partial charge in [0.1, 0.15) is 4.88 Å². The van der Waals surface area contributed by atoms with Crippen LogP contribution >= 0.6 is 11.3 Å². The summed E-state index contributed by atoms with van der Waals surface area (Å²) in [6, 6.07) is 0.263. The molecule has 0 aromatic carbocycles. The van der Waals surface area contributed by atoms with Gasteiger partial charge >= 0.3 is 5.97 Å². The van der Waals surface area contributed by atoms with E-state index in [1.54, 1.807) is 0 Å². The van der Waals surface area contributed by atoms with Crippen LogP contribution in [0.3, 0.4) is 0 Å². The molecule has 1 aromatic rings. The number of carbonyl (C=O) groups is 2. The largest absolute Gasteiger partial charge is 0.476 e. The summed E-state index contributed by atoms with van der Waals surface area (Å²) < 4.78 is 0. The topological polar surface area (TPSA) is 82.5 Å². The van der Waals surface area contributed by atoms with Crippen LogP contribution in [-0.4, -0.2) is 52.9 Å². The Bertz CT molecular complexity index is 497. The van der Waals surface area contributed by atoms with E-state index in [1.165, 1.54) is 6.92 Å². The van der Waals surface area contributed by atoms with Crippen LogP contribution in [0.1, 0.15) is 40.4 Å². The van der Waals surface area contributed by atoms with Crippen LogP contribution in [0.25, 0.3) is 0 Å². The number of likely N-dealkylation sites (tertiary alicyclic amines) is 1. The van der Waals surface area contributed by atoms with Crippen molar-refractivity contribution in [2.24, 2.45) is 5.92 Å². The minimum atomic E-state index is -1.16. The van der Waals surface area contributed by atoms with Crippen LogP contribution in [0.5, 0.6) is 0 Å². The van der Waals surface area contributed by atoms with Crippen LogP contribution in [0.15, 0.2) is 0 Å². The van der Waals surface area contributed by atoms with E-state index >= 15 is 0 Å². The average Bonchev–Trinajstić information content (AvgIpc) is 2.77. The highest BCUT2D eigenvalue weighted by molar-refractivity contribution is 7.17. The molecule has 1 saturated heterocycles. The van der Waals surface area contributed by atoms with E-state index in [0.717, 1.165) is 30.8 Å². The second kappa shape index (κ2) is 5.88. The number of rotatable bonds is 4. The summed E-state index contributed by atoms with van der Waals surface area (Å²) in [5.74, 6) is -0.966. The Morgan fingerprint density at radius 3 is 2.70 bits per heavy atom. The van der Waals surface area contributed by atoms with Crippen molar-refractivity contribution >= 4 is 28.2 Å². The molecule has 0 aliphatic carbocycles. The molecule has 1 aliphatic rings. The van der Waals surface area contributed by atoms with Gasteiger partial charge in [-0.05, 0) is 25.9 Å². The summed E-state index contributed by atoms with van der Waals surface area (Å²) in [4.78, 5) is 29.1. The number of hydrogen-bond acceptors (Lipinski definition) is 6. The minimum absolute atomic E-state index is 0.148. The van der Waals surface area contributed by atoms with E-state index < -0.39 is 5.97 Å². The van der Waals surface area contributed by atoms with Crippen LogP contribution in [-0.2, 0) is 0 Å². The fourth-order valence-electron chi connectivity index (χ4n) is 2.49. The van der Waals surface area contributed by atoms with Crippen LogP contribution in [0, 0.1) is 5.92 Å². The molecule has 2 rings (SSSR count). The number of piperidine rings is 1. The number of carboxylic acid groups (broad SMARTS) is 1. The fraction of sp³-hybridized carbons (Fsp3) is 0.615. The Kier molecular flexibility index (Phi) is 4.39. The lowest BCUT2D eigenvalue weighted by molar-refractivity contribution is 0.0687.